The van der Waals surface area contributed by atoms with Gasteiger partial charge in [-0.15, -0.1) is 0 Å². The second-order valence-corrected chi connectivity index (χ2v) is 2.11. The average Bonchev–Trinajstić information content (AvgIpc) is 1.65. The Labute approximate surface area is 59.6 Å². The third-order valence-electron chi connectivity index (χ3n) is 0.220. The second-order valence-electron chi connectivity index (χ2n) is 0.799. The van der Waals surface area contributed by atoms with E-state index in [1.54, 1.807) is 6.26 Å². The number of hydrogen-bond donors (Lipinski definition) is 4. The van der Waals surface area contributed by atoms with Crippen molar-refractivity contribution in [3.63, 3.8) is 0 Å². The van der Waals surface area contributed by atoms with Crippen LogP contribution >= 0.6 is 11.8 Å². The van der Waals surface area contributed by atoms with Crippen LogP contribution < -0.4 is 5.73 Å². The highest BCUT2D eigenvalue weighted by Crippen LogP contribution is 1.83. The zero-order valence-corrected chi connectivity index (χ0v) is 6.33. The highest BCUT2D eigenvalue weighted by Gasteiger charge is 1.71. The van der Waals surface area contributed by atoms with Crippen molar-refractivity contribution in [2.45, 2.75) is 0 Å². The molecule has 0 atom stereocenters. The summed E-state index contributed by atoms with van der Waals surface area (Å²) < 4.78 is 22.8. The fourth-order valence-electron chi connectivity index (χ4n) is 0. The molecule has 0 amide bonds. The van der Waals surface area contributed by atoms with Gasteiger partial charge in [-0.3, -0.25) is 14.5 Å². The maximum Gasteiger partial charge on any atom is 0.299 e. The molecule has 0 aromatic carbocycles. The molecule has 0 heterocycles. The minimum atomic E-state index is -2.61. The van der Waals surface area contributed by atoms with Crippen LogP contribution in [0.5, 0.6) is 0 Å². The van der Waals surface area contributed by atoms with E-state index < -0.39 is 11.4 Å². The van der Waals surface area contributed by atoms with Gasteiger partial charge in [0.15, 0.2) is 5.17 Å². The van der Waals surface area contributed by atoms with E-state index in [4.69, 9.17) is 24.5 Å². The maximum atomic E-state index is 8.67. The third kappa shape index (κ3) is 76.6. The molecule has 0 unspecified atom stereocenters. The van der Waals surface area contributed by atoms with Crippen LogP contribution in [-0.4, -0.2) is 24.7 Å². The number of nitrogens with two attached hydrogens (primary N) is 1. The van der Waals surface area contributed by atoms with E-state index in [2.05, 4.69) is 0 Å². The molecule has 0 spiro atoms. The van der Waals surface area contributed by atoms with E-state index in [1.807, 2.05) is 0 Å². The predicted molar refractivity (Wildman–Crippen MR) is 38.8 cm³/mol. The van der Waals surface area contributed by atoms with Crippen molar-refractivity contribution in [2.75, 3.05) is 6.26 Å². The van der Waals surface area contributed by atoms with Crippen LogP contribution in [-0.2, 0) is 11.4 Å². The quantitative estimate of drug-likeness (QED) is 0.232. The number of hydrogen-bond acceptors (Lipinski definition) is 3. The lowest BCUT2D eigenvalue weighted by molar-refractivity contribution is 0.454. The molecule has 0 radical (unpaired) electrons. The molecule has 0 saturated carbocycles. The zero-order valence-electron chi connectivity index (χ0n) is 4.70. The molecule has 9 heavy (non-hydrogen) atoms. The SMILES string of the molecule is CSC(=N)N.O=S(O)O. The normalized spacial score (nSPS) is 8.00. The van der Waals surface area contributed by atoms with E-state index in [0.717, 1.165) is 0 Å². The zero-order chi connectivity index (χ0) is 7.86. The molecule has 0 aliphatic heterocycles. The molecule has 56 valence electrons. The summed E-state index contributed by atoms with van der Waals surface area (Å²) in [4.78, 5) is 0. The molecule has 0 aliphatic carbocycles. The molecule has 0 aromatic rings. The molecule has 0 aliphatic rings. The summed E-state index contributed by atoms with van der Waals surface area (Å²) in [5.74, 6) is 0. The van der Waals surface area contributed by atoms with Crippen molar-refractivity contribution in [1.82, 2.24) is 0 Å². The van der Waals surface area contributed by atoms with Crippen molar-refractivity contribution in [2.24, 2.45) is 5.73 Å². The van der Waals surface area contributed by atoms with Gasteiger partial charge in [-0.1, -0.05) is 11.8 Å². The van der Waals surface area contributed by atoms with Crippen molar-refractivity contribution >= 4 is 28.3 Å². The second kappa shape index (κ2) is 7.89. The summed E-state index contributed by atoms with van der Waals surface area (Å²) in [5, 5.41) is 6.66. The summed E-state index contributed by atoms with van der Waals surface area (Å²) in [7, 11) is 0. The predicted octanol–water partition coefficient (Wildman–Crippen LogP) is -0.0760. The van der Waals surface area contributed by atoms with Gasteiger partial charge >= 0.3 is 0 Å². The topological polar surface area (TPSA) is 107 Å². The minimum Gasteiger partial charge on any atom is -0.379 e. The van der Waals surface area contributed by atoms with Gasteiger partial charge in [0.05, 0.1) is 0 Å². The first-order chi connectivity index (χ1) is 4.00. The molecule has 5 N–H and O–H groups in total. The molecular weight excluding hydrogens is 164 g/mol. The van der Waals surface area contributed by atoms with E-state index in [-0.39, 0.29) is 5.17 Å². The van der Waals surface area contributed by atoms with Crippen molar-refractivity contribution in [3.8, 4) is 0 Å². The fraction of sp³-hybridized carbons (Fsp3) is 0.500. The van der Waals surface area contributed by atoms with Gasteiger partial charge in [0.2, 0.25) is 0 Å². The van der Waals surface area contributed by atoms with Gasteiger partial charge in [-0.2, -0.15) is 4.21 Å². The van der Waals surface area contributed by atoms with E-state index in [9.17, 15) is 0 Å². The lowest BCUT2D eigenvalue weighted by Gasteiger charge is -1.78. The van der Waals surface area contributed by atoms with E-state index in [0.29, 0.717) is 0 Å². The Morgan fingerprint density at radius 2 is 1.89 bits per heavy atom. The highest BCUT2D eigenvalue weighted by atomic mass is 32.2. The molecule has 0 fully saturated rings. The Morgan fingerprint density at radius 1 is 1.78 bits per heavy atom. The molecule has 0 bridgehead atoms. The highest BCUT2D eigenvalue weighted by molar-refractivity contribution is 8.13. The standard InChI is InChI=1S/C2H6N2S.H2O3S/c1-5-2(3)4;1-4(2)3/h1H3,(H3,3,4);(H2,1,2,3). The molecule has 0 aromatic heterocycles. The summed E-state index contributed by atoms with van der Waals surface area (Å²) in [6.45, 7) is 0. The molecule has 0 rings (SSSR count). The molecule has 0 saturated heterocycles. The van der Waals surface area contributed by atoms with Crippen LogP contribution in [0.1, 0.15) is 0 Å². The first kappa shape index (κ1) is 11.7. The molecule has 5 nitrogen and oxygen atoms in total. The monoisotopic (exact) mass is 172 g/mol. The minimum absolute atomic E-state index is 0.171. The lowest BCUT2D eigenvalue weighted by Crippen LogP contribution is -2.01. The maximum absolute atomic E-state index is 8.67. The van der Waals surface area contributed by atoms with Crippen LogP contribution in [0.25, 0.3) is 0 Å². The van der Waals surface area contributed by atoms with Crippen LogP contribution in [0.15, 0.2) is 0 Å². The van der Waals surface area contributed by atoms with Crippen LogP contribution in [0.3, 0.4) is 0 Å². The number of nitrogens with one attached hydrogen (secondary N) is 1. The number of amidine groups is 1. The Hall–Kier alpha value is -0.110. The van der Waals surface area contributed by atoms with Crippen LogP contribution in [0, 0.1) is 5.41 Å². The summed E-state index contributed by atoms with van der Waals surface area (Å²) in [6, 6.07) is 0. The first-order valence-electron chi connectivity index (χ1n) is 1.68. The first-order valence-corrected chi connectivity index (χ1v) is 3.97. The molecule has 7 heteroatoms. The van der Waals surface area contributed by atoms with Crippen molar-refractivity contribution < 1.29 is 13.3 Å². The Kier molecular flexibility index (Phi) is 10.2. The van der Waals surface area contributed by atoms with Crippen LogP contribution in [0.4, 0.5) is 0 Å². The van der Waals surface area contributed by atoms with Gasteiger partial charge in [0.25, 0.3) is 11.4 Å². The van der Waals surface area contributed by atoms with Crippen molar-refractivity contribution in [1.29, 1.82) is 5.41 Å². The largest absolute Gasteiger partial charge is 0.379 e. The Morgan fingerprint density at radius 3 is 1.89 bits per heavy atom. The molecular formula is C2H8N2O3S2. The van der Waals surface area contributed by atoms with Crippen LogP contribution in [0.2, 0.25) is 0 Å². The summed E-state index contributed by atoms with van der Waals surface area (Å²) >= 11 is -1.37. The van der Waals surface area contributed by atoms with E-state index in [1.165, 1.54) is 11.8 Å². The smallest absolute Gasteiger partial charge is 0.299 e. The Balaban J connectivity index is 0. The summed E-state index contributed by atoms with van der Waals surface area (Å²) in [5.41, 5.74) is 4.84. The number of rotatable bonds is 0. The fourth-order valence-corrected chi connectivity index (χ4v) is 0. The van der Waals surface area contributed by atoms with Crippen molar-refractivity contribution in [3.05, 3.63) is 0 Å². The van der Waals surface area contributed by atoms with Gasteiger partial charge in [0, 0.05) is 0 Å². The van der Waals surface area contributed by atoms with Gasteiger partial charge < -0.3 is 5.73 Å². The number of thioether (sulfide) groups is 1. The average molecular weight is 172 g/mol. The van der Waals surface area contributed by atoms with Gasteiger partial charge in [-0.25, -0.2) is 0 Å². The van der Waals surface area contributed by atoms with Gasteiger partial charge in [-0.05, 0) is 6.26 Å². The Bertz CT molecular complexity index is 102. The van der Waals surface area contributed by atoms with E-state index >= 15 is 0 Å². The van der Waals surface area contributed by atoms with Gasteiger partial charge in [0.1, 0.15) is 0 Å². The lowest BCUT2D eigenvalue weighted by atomic mass is 11.4. The summed E-state index contributed by atoms with van der Waals surface area (Å²) in [6.07, 6.45) is 1.77. The third-order valence-corrected chi connectivity index (χ3v) is 0.660.